The summed E-state index contributed by atoms with van der Waals surface area (Å²) < 4.78 is 2.08. The molecule has 0 bridgehead atoms. The minimum Gasteiger partial charge on any atom is -0.481 e. The van der Waals surface area contributed by atoms with Crippen LogP contribution >= 0.6 is 0 Å². The van der Waals surface area contributed by atoms with Crippen molar-refractivity contribution < 1.29 is 9.90 Å². The van der Waals surface area contributed by atoms with E-state index in [-0.39, 0.29) is 0 Å². The molecule has 0 spiro atoms. The predicted octanol–water partition coefficient (Wildman–Crippen LogP) is 2.85. The molecule has 1 aromatic carbocycles. The number of carboxylic acid groups (broad SMARTS) is 1. The smallest absolute Gasteiger partial charge is 0.309 e. The van der Waals surface area contributed by atoms with Crippen molar-refractivity contribution in [2.24, 2.45) is 5.41 Å². The van der Waals surface area contributed by atoms with Crippen molar-refractivity contribution in [3.63, 3.8) is 0 Å². The van der Waals surface area contributed by atoms with E-state index in [0.717, 1.165) is 16.9 Å². The van der Waals surface area contributed by atoms with Crippen LogP contribution in [-0.4, -0.2) is 20.6 Å². The number of para-hydroxylation sites is 2. The van der Waals surface area contributed by atoms with Crippen molar-refractivity contribution >= 4 is 17.0 Å². The number of aryl methyl sites for hydroxylation is 2. The lowest BCUT2D eigenvalue weighted by molar-refractivity contribution is -0.147. The van der Waals surface area contributed by atoms with Gasteiger partial charge in [0.25, 0.3) is 0 Å². The van der Waals surface area contributed by atoms with E-state index in [1.165, 1.54) is 0 Å². The summed E-state index contributed by atoms with van der Waals surface area (Å²) in [6, 6.07) is 7.92. The van der Waals surface area contributed by atoms with Gasteiger partial charge in [-0.25, -0.2) is 4.98 Å². The molecule has 0 saturated heterocycles. The van der Waals surface area contributed by atoms with E-state index in [4.69, 9.17) is 5.11 Å². The first-order valence-corrected chi connectivity index (χ1v) is 6.07. The Kier molecular flexibility index (Phi) is 3.11. The largest absolute Gasteiger partial charge is 0.481 e. The van der Waals surface area contributed by atoms with Gasteiger partial charge in [-0.15, -0.1) is 0 Å². The zero-order chi connectivity index (χ0) is 13.3. The van der Waals surface area contributed by atoms with Gasteiger partial charge in [0.1, 0.15) is 5.82 Å². The van der Waals surface area contributed by atoms with E-state index in [9.17, 15) is 4.79 Å². The molecule has 0 aliphatic rings. The minimum absolute atomic E-state index is 0.587. The van der Waals surface area contributed by atoms with Crippen LogP contribution in [-0.2, 0) is 11.3 Å². The molecule has 2 rings (SSSR count). The van der Waals surface area contributed by atoms with E-state index in [0.29, 0.717) is 13.0 Å². The third-order valence-corrected chi connectivity index (χ3v) is 3.38. The van der Waals surface area contributed by atoms with Crippen molar-refractivity contribution in [3.8, 4) is 0 Å². The van der Waals surface area contributed by atoms with Gasteiger partial charge in [-0.05, 0) is 39.3 Å². The maximum absolute atomic E-state index is 11.1. The Morgan fingerprint density at radius 3 is 2.72 bits per heavy atom. The highest BCUT2D eigenvalue weighted by Crippen LogP contribution is 2.24. The number of carboxylic acids is 1. The van der Waals surface area contributed by atoms with Crippen LogP contribution in [0.2, 0.25) is 0 Å². The Morgan fingerprint density at radius 1 is 1.39 bits per heavy atom. The van der Waals surface area contributed by atoms with Crippen LogP contribution in [0.1, 0.15) is 26.1 Å². The zero-order valence-corrected chi connectivity index (χ0v) is 11.0. The second-order valence-corrected chi connectivity index (χ2v) is 5.24. The Hall–Kier alpha value is -1.84. The summed E-state index contributed by atoms with van der Waals surface area (Å²) >= 11 is 0. The molecular formula is C14H18N2O2. The Labute approximate surface area is 106 Å². The first-order chi connectivity index (χ1) is 8.42. The SMILES string of the molecule is Cc1nc2ccccc2n1CCC(C)(C)C(=O)O. The number of nitrogens with zero attached hydrogens (tertiary/aromatic N) is 2. The number of carbonyl (C=O) groups is 1. The van der Waals surface area contributed by atoms with Crippen LogP contribution < -0.4 is 0 Å². The normalized spacial score (nSPS) is 11.9. The number of imidazole rings is 1. The first kappa shape index (κ1) is 12.6. The van der Waals surface area contributed by atoms with Gasteiger partial charge in [0.05, 0.1) is 16.4 Å². The number of aliphatic carboxylic acids is 1. The van der Waals surface area contributed by atoms with Gasteiger partial charge in [-0.2, -0.15) is 0 Å². The van der Waals surface area contributed by atoms with Crippen LogP contribution in [0.5, 0.6) is 0 Å². The van der Waals surface area contributed by atoms with Crippen LogP contribution in [0.15, 0.2) is 24.3 Å². The topological polar surface area (TPSA) is 55.1 Å². The van der Waals surface area contributed by atoms with E-state index >= 15 is 0 Å². The Balaban J connectivity index is 2.27. The molecule has 2 aromatic rings. The third-order valence-electron chi connectivity index (χ3n) is 3.38. The molecule has 18 heavy (non-hydrogen) atoms. The molecule has 0 atom stereocenters. The maximum atomic E-state index is 11.1. The van der Waals surface area contributed by atoms with Gasteiger partial charge in [0.2, 0.25) is 0 Å². The zero-order valence-electron chi connectivity index (χ0n) is 11.0. The summed E-state index contributed by atoms with van der Waals surface area (Å²) in [6.45, 7) is 6.13. The summed E-state index contributed by atoms with van der Waals surface area (Å²) in [7, 11) is 0. The van der Waals surface area contributed by atoms with E-state index < -0.39 is 11.4 Å². The van der Waals surface area contributed by atoms with E-state index in [1.807, 2.05) is 31.2 Å². The van der Waals surface area contributed by atoms with Crippen molar-refractivity contribution in [1.82, 2.24) is 9.55 Å². The minimum atomic E-state index is -0.760. The monoisotopic (exact) mass is 246 g/mol. The van der Waals surface area contributed by atoms with Gasteiger partial charge >= 0.3 is 5.97 Å². The van der Waals surface area contributed by atoms with Gasteiger partial charge < -0.3 is 9.67 Å². The quantitative estimate of drug-likeness (QED) is 0.902. The molecule has 0 amide bonds. The van der Waals surface area contributed by atoms with Crippen LogP contribution in [0.3, 0.4) is 0 Å². The maximum Gasteiger partial charge on any atom is 0.309 e. The lowest BCUT2D eigenvalue weighted by Crippen LogP contribution is -2.25. The fourth-order valence-corrected chi connectivity index (χ4v) is 1.98. The summed E-state index contributed by atoms with van der Waals surface area (Å²) in [5.41, 5.74) is 1.32. The number of fused-ring (bicyclic) bond motifs is 1. The lowest BCUT2D eigenvalue weighted by Gasteiger charge is -2.19. The average molecular weight is 246 g/mol. The molecule has 0 fully saturated rings. The van der Waals surface area contributed by atoms with Crippen LogP contribution in [0, 0.1) is 12.3 Å². The standard InChI is InChI=1S/C14H18N2O2/c1-10-15-11-6-4-5-7-12(11)16(10)9-8-14(2,3)13(17)18/h4-7H,8-9H2,1-3H3,(H,17,18). The molecule has 0 aliphatic carbocycles. The summed E-state index contributed by atoms with van der Waals surface area (Å²) in [6.07, 6.45) is 0.587. The van der Waals surface area contributed by atoms with E-state index in [2.05, 4.69) is 9.55 Å². The molecule has 0 radical (unpaired) electrons. The molecular weight excluding hydrogens is 228 g/mol. The highest BCUT2D eigenvalue weighted by molar-refractivity contribution is 5.76. The summed E-state index contributed by atoms with van der Waals surface area (Å²) in [5, 5.41) is 9.13. The highest BCUT2D eigenvalue weighted by Gasteiger charge is 2.27. The Morgan fingerprint density at radius 2 is 2.06 bits per heavy atom. The predicted molar refractivity (Wildman–Crippen MR) is 70.5 cm³/mol. The van der Waals surface area contributed by atoms with Crippen molar-refractivity contribution in [2.75, 3.05) is 0 Å². The van der Waals surface area contributed by atoms with Crippen LogP contribution in [0.4, 0.5) is 0 Å². The fraction of sp³-hybridized carbons (Fsp3) is 0.429. The molecule has 1 heterocycles. The number of benzene rings is 1. The molecule has 0 saturated carbocycles. The van der Waals surface area contributed by atoms with Gasteiger partial charge in [-0.3, -0.25) is 4.79 Å². The lowest BCUT2D eigenvalue weighted by atomic mass is 9.89. The second kappa shape index (κ2) is 4.44. The van der Waals surface area contributed by atoms with Gasteiger partial charge in [0, 0.05) is 6.54 Å². The number of hydrogen-bond donors (Lipinski definition) is 1. The molecule has 0 aliphatic heterocycles. The van der Waals surface area contributed by atoms with Crippen molar-refractivity contribution in [3.05, 3.63) is 30.1 Å². The van der Waals surface area contributed by atoms with Crippen molar-refractivity contribution in [2.45, 2.75) is 33.7 Å². The molecule has 1 aromatic heterocycles. The molecule has 0 unspecified atom stereocenters. The number of aromatic nitrogens is 2. The number of hydrogen-bond acceptors (Lipinski definition) is 2. The first-order valence-electron chi connectivity index (χ1n) is 6.07. The third kappa shape index (κ3) is 2.23. The number of rotatable bonds is 4. The highest BCUT2D eigenvalue weighted by atomic mass is 16.4. The second-order valence-electron chi connectivity index (χ2n) is 5.24. The summed E-state index contributed by atoms with van der Waals surface area (Å²) in [5.74, 6) is 0.168. The van der Waals surface area contributed by atoms with Gasteiger partial charge in [-0.1, -0.05) is 12.1 Å². The van der Waals surface area contributed by atoms with Crippen molar-refractivity contribution in [1.29, 1.82) is 0 Å². The molecule has 1 N–H and O–H groups in total. The fourth-order valence-electron chi connectivity index (χ4n) is 1.98. The molecule has 4 nitrogen and oxygen atoms in total. The average Bonchev–Trinajstić information content (AvgIpc) is 2.62. The molecule has 96 valence electrons. The van der Waals surface area contributed by atoms with E-state index in [1.54, 1.807) is 13.8 Å². The molecule has 4 heteroatoms. The van der Waals surface area contributed by atoms with Crippen LogP contribution in [0.25, 0.3) is 11.0 Å². The Bertz CT molecular complexity index is 584. The summed E-state index contributed by atoms with van der Waals surface area (Å²) in [4.78, 5) is 15.6. The van der Waals surface area contributed by atoms with Gasteiger partial charge in [0.15, 0.2) is 0 Å².